The van der Waals surface area contributed by atoms with Gasteiger partial charge in [0, 0.05) is 25.7 Å². The number of carbonyl (C=O) groups is 4. The Morgan fingerprint density at radius 1 is 0.290 bits per heavy atom. The summed E-state index contributed by atoms with van der Waals surface area (Å²) in [6.45, 7) is 9.69. The van der Waals surface area contributed by atoms with E-state index in [1.54, 1.807) is 0 Å². The molecule has 3 N–H and O–H groups in total. The first kappa shape index (κ1) is 98.1. The van der Waals surface area contributed by atoms with E-state index < -0.39 is 97.5 Å². The summed E-state index contributed by atoms with van der Waals surface area (Å²) in [6, 6.07) is 0. The second kappa shape index (κ2) is 72.6. The minimum Gasteiger partial charge on any atom is -0.462 e. The van der Waals surface area contributed by atoms with Crippen molar-refractivity contribution in [2.75, 3.05) is 39.6 Å². The molecule has 0 aliphatic carbocycles. The van der Waals surface area contributed by atoms with Crippen LogP contribution in [0.5, 0.6) is 0 Å². The lowest BCUT2D eigenvalue weighted by atomic mass is 9.99. The minimum absolute atomic E-state index is 0.106. The highest BCUT2D eigenvalue weighted by atomic mass is 31.2. The molecule has 0 amide bonds. The molecule has 100 heavy (non-hydrogen) atoms. The van der Waals surface area contributed by atoms with Crippen molar-refractivity contribution in [3.63, 3.8) is 0 Å². The van der Waals surface area contributed by atoms with Crippen LogP contribution in [0.2, 0.25) is 0 Å². The Morgan fingerprint density at radius 3 is 0.760 bits per heavy atom. The Hall–Kier alpha value is -1.94. The molecule has 0 aromatic heterocycles. The lowest BCUT2D eigenvalue weighted by molar-refractivity contribution is -0.161. The molecule has 0 fully saturated rings. The zero-order chi connectivity index (χ0) is 73.5. The first-order valence-electron chi connectivity index (χ1n) is 42.0. The molecular formula is C81H158O17P2. The Bertz CT molecular complexity index is 1930. The van der Waals surface area contributed by atoms with Gasteiger partial charge < -0.3 is 33.8 Å². The summed E-state index contributed by atoms with van der Waals surface area (Å²) in [6.07, 6.45) is 62.3. The highest BCUT2D eigenvalue weighted by molar-refractivity contribution is 7.47. The van der Waals surface area contributed by atoms with Crippen LogP contribution in [0, 0.1) is 11.8 Å². The molecule has 0 aromatic carbocycles. The highest BCUT2D eigenvalue weighted by Crippen LogP contribution is 2.45. The van der Waals surface area contributed by atoms with Crippen LogP contribution in [0.3, 0.4) is 0 Å². The van der Waals surface area contributed by atoms with Gasteiger partial charge in [0.25, 0.3) is 0 Å². The van der Waals surface area contributed by atoms with Gasteiger partial charge in [-0.15, -0.1) is 0 Å². The van der Waals surface area contributed by atoms with Crippen molar-refractivity contribution >= 4 is 39.5 Å². The van der Waals surface area contributed by atoms with Gasteiger partial charge in [0.1, 0.15) is 19.3 Å². The molecular weight excluding hydrogens is 1310 g/mol. The summed E-state index contributed by atoms with van der Waals surface area (Å²) in [5, 5.41) is 10.6. The van der Waals surface area contributed by atoms with Crippen molar-refractivity contribution in [3.05, 3.63) is 0 Å². The first-order chi connectivity index (χ1) is 48.4. The van der Waals surface area contributed by atoms with Crippen LogP contribution in [-0.4, -0.2) is 96.7 Å². The number of hydrogen-bond donors (Lipinski definition) is 3. The van der Waals surface area contributed by atoms with Crippen LogP contribution in [-0.2, 0) is 65.4 Å². The van der Waals surface area contributed by atoms with Crippen LogP contribution < -0.4 is 0 Å². The number of ether oxygens (including phenoxy) is 4. The van der Waals surface area contributed by atoms with Crippen LogP contribution in [0.4, 0.5) is 0 Å². The number of aliphatic hydroxyl groups excluding tert-OH is 1. The molecule has 0 radical (unpaired) electrons. The zero-order valence-electron chi connectivity index (χ0n) is 65.5. The lowest BCUT2D eigenvalue weighted by Gasteiger charge is -2.21. The van der Waals surface area contributed by atoms with Crippen molar-refractivity contribution in [2.24, 2.45) is 11.8 Å². The van der Waals surface area contributed by atoms with E-state index in [4.69, 9.17) is 37.0 Å². The maximum absolute atomic E-state index is 13.1. The van der Waals surface area contributed by atoms with Crippen molar-refractivity contribution in [2.45, 2.75) is 445 Å². The average Bonchev–Trinajstić information content (AvgIpc) is 0.924. The normalized spacial score (nSPS) is 14.2. The highest BCUT2D eigenvalue weighted by Gasteiger charge is 2.30. The maximum Gasteiger partial charge on any atom is 0.472 e. The average molecular weight is 1470 g/mol. The number of hydrogen-bond acceptors (Lipinski definition) is 15. The second-order valence-corrected chi connectivity index (χ2v) is 32.8. The smallest absolute Gasteiger partial charge is 0.462 e. The maximum atomic E-state index is 13.1. The van der Waals surface area contributed by atoms with Crippen molar-refractivity contribution in [3.8, 4) is 0 Å². The van der Waals surface area contributed by atoms with Crippen molar-refractivity contribution in [1.29, 1.82) is 0 Å². The van der Waals surface area contributed by atoms with Gasteiger partial charge in [-0.25, -0.2) is 9.13 Å². The Kier molecular flexibility index (Phi) is 71.2. The van der Waals surface area contributed by atoms with Gasteiger partial charge in [0.15, 0.2) is 12.2 Å². The quantitative estimate of drug-likeness (QED) is 0.0222. The van der Waals surface area contributed by atoms with Gasteiger partial charge in [-0.3, -0.25) is 37.3 Å². The third-order valence-electron chi connectivity index (χ3n) is 19.3. The van der Waals surface area contributed by atoms with Gasteiger partial charge in [-0.05, 0) is 37.5 Å². The Labute approximate surface area is 613 Å². The Morgan fingerprint density at radius 2 is 0.510 bits per heavy atom. The number of unbranched alkanes of at least 4 members (excludes halogenated alkanes) is 49. The number of esters is 4. The van der Waals surface area contributed by atoms with Gasteiger partial charge in [0.05, 0.1) is 26.4 Å². The molecule has 0 saturated carbocycles. The molecule has 0 spiro atoms. The van der Waals surface area contributed by atoms with E-state index in [0.717, 1.165) is 102 Å². The topological polar surface area (TPSA) is 237 Å². The van der Waals surface area contributed by atoms with E-state index in [1.165, 1.54) is 244 Å². The summed E-state index contributed by atoms with van der Waals surface area (Å²) < 4.78 is 68.7. The summed E-state index contributed by atoms with van der Waals surface area (Å²) in [5.74, 6) is -0.484. The van der Waals surface area contributed by atoms with Gasteiger partial charge in [-0.1, -0.05) is 375 Å². The molecule has 0 heterocycles. The fourth-order valence-electron chi connectivity index (χ4n) is 12.5. The molecule has 0 bridgehead atoms. The monoisotopic (exact) mass is 1470 g/mol. The van der Waals surface area contributed by atoms with Crippen LogP contribution in [0.15, 0.2) is 0 Å². The number of carbonyl (C=O) groups excluding carboxylic acids is 4. The number of phosphoric ester groups is 2. The molecule has 0 aliphatic rings. The predicted octanol–water partition coefficient (Wildman–Crippen LogP) is 24.3. The summed E-state index contributed by atoms with van der Waals surface area (Å²) in [4.78, 5) is 73.0. The van der Waals surface area contributed by atoms with Gasteiger partial charge >= 0.3 is 39.5 Å². The third kappa shape index (κ3) is 73.0. The number of rotatable bonds is 80. The zero-order valence-corrected chi connectivity index (χ0v) is 67.3. The molecule has 0 aliphatic heterocycles. The Balaban J connectivity index is 5.21. The SMILES string of the molecule is CCCCCCCCCCCCCCCCC(=O)OC[C@H](COP(=O)(O)OC[C@@H](O)COP(=O)(O)OC[C@@H](COC(=O)CCCCCCCCCCCCC)OC(=O)CCCCCCCCCCCCC(C)C)OC(=O)CCCCCCCCCCCCCCCCCCCCC(C)CC. The molecule has 3 unspecified atom stereocenters. The van der Waals surface area contributed by atoms with E-state index >= 15 is 0 Å². The van der Waals surface area contributed by atoms with Crippen molar-refractivity contribution in [1.82, 2.24) is 0 Å². The summed E-state index contributed by atoms with van der Waals surface area (Å²) in [7, 11) is -9.92. The van der Waals surface area contributed by atoms with Crippen LogP contribution >= 0.6 is 15.6 Å². The number of aliphatic hydroxyl groups is 1. The van der Waals surface area contributed by atoms with Gasteiger partial charge in [-0.2, -0.15) is 0 Å². The van der Waals surface area contributed by atoms with E-state index in [2.05, 4.69) is 41.5 Å². The molecule has 0 saturated heterocycles. The van der Waals surface area contributed by atoms with Crippen LogP contribution in [0.1, 0.15) is 427 Å². The fourth-order valence-corrected chi connectivity index (χ4v) is 14.1. The molecule has 0 rings (SSSR count). The molecule has 17 nitrogen and oxygen atoms in total. The third-order valence-corrected chi connectivity index (χ3v) is 21.2. The van der Waals surface area contributed by atoms with E-state index in [0.29, 0.717) is 25.7 Å². The lowest BCUT2D eigenvalue weighted by Crippen LogP contribution is -2.30. The summed E-state index contributed by atoms with van der Waals surface area (Å²) in [5.41, 5.74) is 0. The summed E-state index contributed by atoms with van der Waals surface area (Å²) >= 11 is 0. The molecule has 594 valence electrons. The molecule has 19 heteroatoms. The van der Waals surface area contributed by atoms with E-state index in [1.807, 2.05) is 0 Å². The van der Waals surface area contributed by atoms with E-state index in [-0.39, 0.29) is 25.7 Å². The van der Waals surface area contributed by atoms with Crippen LogP contribution in [0.25, 0.3) is 0 Å². The van der Waals surface area contributed by atoms with Gasteiger partial charge in [0.2, 0.25) is 0 Å². The largest absolute Gasteiger partial charge is 0.472 e. The fraction of sp³-hybridized carbons (Fsp3) is 0.951. The first-order valence-corrected chi connectivity index (χ1v) is 45.0. The standard InChI is InChI=1S/C81H158O17P2/c1-7-10-12-14-16-18-20-21-29-33-40-46-52-58-64-79(84)92-70-76(97-80(85)65-59-53-47-41-34-30-27-25-23-22-24-26-28-32-38-44-50-56-62-74(6)9-3)71-95-99(87,88)93-67-75(82)68-94-100(89,90)96-72-77(69-91-78(83)63-57-51-45-39-31-19-17-15-13-11-8-2)98-81(86)66-60-54-48-42-36-35-37-43-49-55-61-73(4)5/h73-77,82H,7-72H2,1-6H3,(H,87,88)(H,89,90)/t74?,75-,76-,77-/m1/s1. The minimum atomic E-state index is -4.96. The second-order valence-electron chi connectivity index (χ2n) is 29.9. The van der Waals surface area contributed by atoms with E-state index in [9.17, 15) is 43.2 Å². The number of phosphoric acid groups is 2. The molecule has 6 atom stereocenters. The predicted molar refractivity (Wildman–Crippen MR) is 409 cm³/mol. The molecule has 0 aromatic rings. The van der Waals surface area contributed by atoms with Crippen molar-refractivity contribution < 1.29 is 80.2 Å².